The van der Waals surface area contributed by atoms with Crippen LogP contribution in [0.3, 0.4) is 0 Å². The van der Waals surface area contributed by atoms with Crippen LogP contribution in [0.5, 0.6) is 5.75 Å². The van der Waals surface area contributed by atoms with Gasteiger partial charge in [0.1, 0.15) is 0 Å². The molecule has 0 aliphatic heterocycles. The highest BCUT2D eigenvalue weighted by atomic mass is 16.6. The van der Waals surface area contributed by atoms with Gasteiger partial charge in [0.15, 0.2) is 5.82 Å². The number of aliphatic imine (C=N–C) groups is 1. The van der Waals surface area contributed by atoms with Gasteiger partial charge in [-0.3, -0.25) is 39.8 Å². The highest BCUT2D eigenvalue weighted by molar-refractivity contribution is 6.05. The Labute approximate surface area is 213 Å². The van der Waals surface area contributed by atoms with Crippen LogP contribution in [-0.4, -0.2) is 53.2 Å². The van der Waals surface area contributed by atoms with E-state index in [4.69, 9.17) is 15.9 Å². The summed E-state index contributed by atoms with van der Waals surface area (Å²) in [6.45, 7) is 0.885. The van der Waals surface area contributed by atoms with Gasteiger partial charge in [-0.2, -0.15) is 10.1 Å². The van der Waals surface area contributed by atoms with Crippen LogP contribution in [0.4, 0.5) is 22.9 Å². The number of aromatic nitrogens is 2. The van der Waals surface area contributed by atoms with Crippen LogP contribution in [0.1, 0.15) is 23.2 Å². The number of nitrogens with zero attached hydrogens (tertiary/aromatic N) is 6. The van der Waals surface area contributed by atoms with Gasteiger partial charge in [-0.1, -0.05) is 18.2 Å². The van der Waals surface area contributed by atoms with E-state index in [2.05, 4.69) is 15.4 Å². The number of hydrogen-bond donors (Lipinski definition) is 4. The fourth-order valence-corrected chi connectivity index (χ4v) is 2.83. The largest absolute Gasteiger partial charge is 0.497 e. The maximum Gasteiger partial charge on any atom is 0.324 e. The molecule has 1 amide bonds. The summed E-state index contributed by atoms with van der Waals surface area (Å²) in [6.07, 6.45) is 3.37. The first kappa shape index (κ1) is 28.8. The molecule has 0 spiro atoms. The van der Waals surface area contributed by atoms with Crippen LogP contribution in [-0.2, 0) is 6.54 Å². The van der Waals surface area contributed by atoms with Gasteiger partial charge < -0.3 is 21.3 Å². The number of carbonyl (C=O) groups is 1. The molecule has 3 aromatic rings. The van der Waals surface area contributed by atoms with E-state index in [1.165, 1.54) is 0 Å². The van der Waals surface area contributed by atoms with Gasteiger partial charge in [-0.15, -0.1) is 0 Å². The predicted molar refractivity (Wildman–Crippen MR) is 133 cm³/mol. The average Bonchev–Trinajstić information content (AvgIpc) is 3.31. The third-order valence-electron chi connectivity index (χ3n) is 4.59. The second-order valence-corrected chi connectivity index (χ2v) is 7.29. The van der Waals surface area contributed by atoms with E-state index < -0.39 is 43.5 Å². The van der Waals surface area contributed by atoms with Gasteiger partial charge in [-0.05, 0) is 25.0 Å². The van der Waals surface area contributed by atoms with Crippen molar-refractivity contribution in [3.05, 3.63) is 90.6 Å². The van der Waals surface area contributed by atoms with Crippen molar-refractivity contribution in [3.63, 3.8) is 0 Å². The molecule has 0 aliphatic rings. The number of guanidine groups is 1. The smallest absolute Gasteiger partial charge is 0.324 e. The summed E-state index contributed by atoms with van der Waals surface area (Å²) < 4.78 is 1.74. The molecule has 0 bridgehead atoms. The van der Waals surface area contributed by atoms with Crippen molar-refractivity contribution in [3.8, 4) is 5.75 Å². The number of amides is 1. The molecule has 0 saturated carbocycles. The number of carbonyl (C=O) groups excluding carboxylic acids is 1. The van der Waals surface area contributed by atoms with E-state index in [0.29, 0.717) is 30.1 Å². The number of nitrogens with two attached hydrogens (primary N) is 1. The number of benzene rings is 2. The van der Waals surface area contributed by atoms with Crippen molar-refractivity contribution in [2.24, 2.45) is 10.7 Å². The number of nitro benzene ring substituents is 3. The Morgan fingerprint density at radius 3 is 2.13 bits per heavy atom. The molecule has 3 rings (SSSR count). The number of nitrogens with one attached hydrogen (secondary N) is 1. The molecule has 2 aromatic carbocycles. The lowest BCUT2D eigenvalue weighted by Gasteiger charge is -2.02. The molecule has 0 atom stereocenters. The molecule has 5 N–H and O–H groups in total. The Balaban J connectivity index is 0.000000281. The van der Waals surface area contributed by atoms with E-state index >= 15 is 0 Å². The minimum absolute atomic E-state index is 0.00513. The fourth-order valence-electron chi connectivity index (χ4n) is 2.83. The van der Waals surface area contributed by atoms with Crippen molar-refractivity contribution in [1.82, 2.24) is 9.78 Å². The Hall–Kier alpha value is -5.45. The molecule has 1 aromatic heterocycles. The number of phenolic OH excluding ortho intramolecular Hbond substituents is 1. The number of aromatic hydroxyl groups is 1. The first-order chi connectivity index (χ1) is 18.0. The molecule has 17 nitrogen and oxygen atoms in total. The first-order valence-electron chi connectivity index (χ1n) is 10.7. The zero-order valence-electron chi connectivity index (χ0n) is 19.5. The van der Waals surface area contributed by atoms with Crippen LogP contribution >= 0.6 is 0 Å². The number of rotatable bonds is 9. The highest BCUT2D eigenvalue weighted by Crippen LogP contribution is 2.38. The number of anilines is 1. The molecule has 1 heterocycles. The Bertz CT molecular complexity index is 1310. The predicted octanol–water partition coefficient (Wildman–Crippen LogP) is 2.34. The molecule has 17 heteroatoms. The standard InChI is InChI=1S/C15H19N5O2.C6H3N3O7/c16-15(18-14(22)12-6-2-1-3-7-12)17-13-8-10-20(19-13)9-4-5-11-21;10-6-4(8(13)14)1-3(7(11)12)2-5(6)9(15)16/h1-3,6-8,10,21H,4-5,9,11H2,(H3,16,17,18,19,22);1-2,10H. The minimum atomic E-state index is -1.21. The number of nitro groups is 3. The Morgan fingerprint density at radius 2 is 1.61 bits per heavy atom. The number of phenols is 1. The molecule has 38 heavy (non-hydrogen) atoms. The monoisotopic (exact) mass is 530 g/mol. The molecular formula is C21H22N8O9. The normalized spacial score (nSPS) is 10.7. The van der Waals surface area contributed by atoms with Crippen LogP contribution in [0.15, 0.2) is 59.7 Å². The van der Waals surface area contributed by atoms with E-state index in [0.717, 1.165) is 12.8 Å². The van der Waals surface area contributed by atoms with E-state index in [9.17, 15) is 35.1 Å². The van der Waals surface area contributed by atoms with Crippen LogP contribution < -0.4 is 11.1 Å². The summed E-state index contributed by atoms with van der Waals surface area (Å²) >= 11 is 0. The second-order valence-electron chi connectivity index (χ2n) is 7.29. The lowest BCUT2D eigenvalue weighted by molar-refractivity contribution is -0.404. The van der Waals surface area contributed by atoms with Gasteiger partial charge in [0.25, 0.3) is 17.3 Å². The van der Waals surface area contributed by atoms with Crippen molar-refractivity contribution >= 4 is 34.7 Å². The first-order valence-corrected chi connectivity index (χ1v) is 10.7. The van der Waals surface area contributed by atoms with E-state index in [1.54, 1.807) is 41.2 Å². The molecule has 0 unspecified atom stereocenters. The van der Waals surface area contributed by atoms with Crippen LogP contribution in [0.2, 0.25) is 0 Å². The number of unbranched alkanes of at least 4 members (excludes halogenated alkanes) is 1. The summed E-state index contributed by atoms with van der Waals surface area (Å²) in [4.78, 5) is 43.4. The maximum absolute atomic E-state index is 11.9. The second kappa shape index (κ2) is 13.6. The Morgan fingerprint density at radius 1 is 1.00 bits per heavy atom. The van der Waals surface area contributed by atoms with Crippen LogP contribution in [0.25, 0.3) is 0 Å². The molecule has 200 valence electrons. The van der Waals surface area contributed by atoms with Gasteiger partial charge >= 0.3 is 11.4 Å². The Kier molecular flexibility index (Phi) is 10.3. The lowest BCUT2D eigenvalue weighted by atomic mass is 10.2. The summed E-state index contributed by atoms with van der Waals surface area (Å²) in [6, 6.07) is 11.3. The maximum atomic E-state index is 11.9. The topological polar surface area (TPSA) is 255 Å². The minimum Gasteiger partial charge on any atom is -0.497 e. The average molecular weight is 530 g/mol. The van der Waals surface area contributed by atoms with Crippen molar-refractivity contribution in [2.45, 2.75) is 19.4 Å². The van der Waals surface area contributed by atoms with Gasteiger partial charge in [0.2, 0.25) is 5.96 Å². The summed E-state index contributed by atoms with van der Waals surface area (Å²) in [7, 11) is 0. The third kappa shape index (κ3) is 8.34. The molecule has 0 aliphatic carbocycles. The van der Waals surface area contributed by atoms with Crippen LogP contribution in [0, 0.1) is 30.3 Å². The highest BCUT2D eigenvalue weighted by Gasteiger charge is 2.30. The molecule has 0 radical (unpaired) electrons. The third-order valence-corrected chi connectivity index (χ3v) is 4.59. The van der Waals surface area contributed by atoms with Crippen molar-refractivity contribution < 1.29 is 29.8 Å². The summed E-state index contributed by atoms with van der Waals surface area (Å²) in [5.74, 6) is -1.10. The van der Waals surface area contributed by atoms with E-state index in [1.807, 2.05) is 6.07 Å². The SMILES string of the molecule is N/C(=N/C(=O)c1ccccc1)Nc1ccn(CCCCO)n1.O=[N+]([O-])c1cc([N+](=O)[O-])c(O)c([N+](=O)[O-])c1. The van der Waals surface area contributed by atoms with E-state index in [-0.39, 0.29) is 12.6 Å². The zero-order chi connectivity index (χ0) is 28.2. The summed E-state index contributed by atoms with van der Waals surface area (Å²) in [5, 5.41) is 56.0. The number of hydrogen-bond acceptors (Lipinski definition) is 10. The van der Waals surface area contributed by atoms with Gasteiger partial charge in [0.05, 0.1) is 26.9 Å². The number of aliphatic hydroxyl groups is 1. The molecule has 0 saturated heterocycles. The van der Waals surface area contributed by atoms with Crippen molar-refractivity contribution in [1.29, 1.82) is 0 Å². The zero-order valence-corrected chi connectivity index (χ0v) is 19.5. The number of non-ortho nitro benzene ring substituents is 1. The molecular weight excluding hydrogens is 508 g/mol. The summed E-state index contributed by atoms with van der Waals surface area (Å²) in [5.41, 5.74) is 3.18. The number of aliphatic hydroxyl groups excluding tert-OH is 1. The lowest BCUT2D eigenvalue weighted by Crippen LogP contribution is -2.24. The number of aryl methyl sites for hydroxylation is 1. The van der Waals surface area contributed by atoms with Gasteiger partial charge in [0, 0.05) is 31.0 Å². The fraction of sp³-hybridized carbons (Fsp3) is 0.190. The van der Waals surface area contributed by atoms with Gasteiger partial charge in [-0.25, -0.2) is 0 Å². The molecule has 0 fully saturated rings. The quantitative estimate of drug-likeness (QED) is 0.102. The van der Waals surface area contributed by atoms with Crippen molar-refractivity contribution in [2.75, 3.05) is 11.9 Å².